The summed E-state index contributed by atoms with van der Waals surface area (Å²) >= 11 is 0. The Kier molecular flexibility index (Phi) is 4.92. The number of carbonyl (C=O) groups excluding carboxylic acids is 1. The lowest BCUT2D eigenvalue weighted by atomic mass is 10.4. The van der Waals surface area contributed by atoms with E-state index in [4.69, 9.17) is 9.63 Å². The van der Waals surface area contributed by atoms with E-state index in [0.717, 1.165) is 0 Å². The summed E-state index contributed by atoms with van der Waals surface area (Å²) in [6.45, 7) is 0.528. The molecule has 0 aliphatic heterocycles. The molecule has 1 aromatic heterocycles. The van der Waals surface area contributed by atoms with Gasteiger partial charge in [0.15, 0.2) is 6.33 Å². The van der Waals surface area contributed by atoms with Crippen LogP contribution in [-0.4, -0.2) is 52.3 Å². The molecule has 0 radical (unpaired) electrons. The second-order valence-corrected chi connectivity index (χ2v) is 3.38. The zero-order valence-electron chi connectivity index (χ0n) is 9.42. The second kappa shape index (κ2) is 6.46. The fourth-order valence-electron chi connectivity index (χ4n) is 1.08. The molecule has 0 aliphatic carbocycles. The number of hydrogen-bond acceptors (Lipinski definition) is 5. The van der Waals surface area contributed by atoms with E-state index in [9.17, 15) is 9.59 Å². The molecule has 0 unspecified atom stereocenters. The number of carboxylic acid groups (broad SMARTS) is 1. The predicted octanol–water partition coefficient (Wildman–Crippen LogP) is -0.272. The molecule has 1 aromatic rings. The molecule has 0 spiro atoms. The summed E-state index contributed by atoms with van der Waals surface area (Å²) in [4.78, 5) is 26.9. The SMILES string of the molecule is CN(CCC(=O)O)C(=O)NCCc1ncno1. The molecule has 0 bridgehead atoms. The first-order chi connectivity index (χ1) is 8.09. The van der Waals surface area contributed by atoms with E-state index in [2.05, 4.69) is 15.5 Å². The summed E-state index contributed by atoms with van der Waals surface area (Å²) in [6.07, 6.45) is 1.65. The topological polar surface area (TPSA) is 109 Å². The first-order valence-electron chi connectivity index (χ1n) is 5.06. The Hall–Kier alpha value is -2.12. The van der Waals surface area contributed by atoms with Gasteiger partial charge in [0.2, 0.25) is 5.89 Å². The van der Waals surface area contributed by atoms with Crippen LogP contribution in [0.4, 0.5) is 4.79 Å². The number of nitrogens with one attached hydrogen (secondary N) is 1. The zero-order chi connectivity index (χ0) is 12.7. The molecule has 1 heterocycles. The Morgan fingerprint density at radius 3 is 2.94 bits per heavy atom. The van der Waals surface area contributed by atoms with Gasteiger partial charge in [0.05, 0.1) is 6.42 Å². The maximum absolute atomic E-state index is 11.4. The van der Waals surface area contributed by atoms with Gasteiger partial charge >= 0.3 is 12.0 Å². The fraction of sp³-hybridized carbons (Fsp3) is 0.556. The van der Waals surface area contributed by atoms with Gasteiger partial charge in [-0.15, -0.1) is 0 Å². The lowest BCUT2D eigenvalue weighted by molar-refractivity contribution is -0.137. The number of hydrogen-bond donors (Lipinski definition) is 2. The summed E-state index contributed by atoms with van der Waals surface area (Å²) in [5, 5.41) is 14.5. The number of amides is 2. The number of rotatable bonds is 6. The average molecular weight is 242 g/mol. The Balaban J connectivity index is 2.17. The van der Waals surface area contributed by atoms with Gasteiger partial charge in [0.25, 0.3) is 0 Å². The summed E-state index contributed by atoms with van der Waals surface area (Å²) < 4.78 is 4.75. The van der Waals surface area contributed by atoms with E-state index in [1.54, 1.807) is 0 Å². The number of aromatic nitrogens is 2. The summed E-state index contributed by atoms with van der Waals surface area (Å²) in [6, 6.07) is -0.328. The van der Waals surface area contributed by atoms with Crippen molar-refractivity contribution in [2.75, 3.05) is 20.1 Å². The van der Waals surface area contributed by atoms with Crippen molar-refractivity contribution in [3.05, 3.63) is 12.2 Å². The first-order valence-corrected chi connectivity index (χ1v) is 5.06. The number of carbonyl (C=O) groups is 2. The molecule has 2 amide bonds. The lowest BCUT2D eigenvalue weighted by Gasteiger charge is -2.16. The highest BCUT2D eigenvalue weighted by Crippen LogP contribution is 1.92. The van der Waals surface area contributed by atoms with Gasteiger partial charge in [0, 0.05) is 26.6 Å². The molecule has 0 fully saturated rings. The minimum absolute atomic E-state index is 0.0758. The van der Waals surface area contributed by atoms with Crippen LogP contribution in [0.3, 0.4) is 0 Å². The van der Waals surface area contributed by atoms with Crippen LogP contribution in [0.25, 0.3) is 0 Å². The van der Waals surface area contributed by atoms with Crippen molar-refractivity contribution < 1.29 is 19.2 Å². The molecule has 1 rings (SSSR count). The minimum atomic E-state index is -0.935. The van der Waals surface area contributed by atoms with Crippen LogP contribution in [0.2, 0.25) is 0 Å². The van der Waals surface area contributed by atoms with Gasteiger partial charge in [-0.05, 0) is 0 Å². The maximum atomic E-state index is 11.4. The smallest absolute Gasteiger partial charge is 0.317 e. The lowest BCUT2D eigenvalue weighted by Crippen LogP contribution is -2.39. The second-order valence-electron chi connectivity index (χ2n) is 3.38. The average Bonchev–Trinajstić information content (AvgIpc) is 2.78. The van der Waals surface area contributed by atoms with Crippen LogP contribution >= 0.6 is 0 Å². The third-order valence-electron chi connectivity index (χ3n) is 2.03. The molecule has 0 aromatic carbocycles. The Morgan fingerprint density at radius 2 is 2.35 bits per heavy atom. The van der Waals surface area contributed by atoms with Crippen molar-refractivity contribution >= 4 is 12.0 Å². The molecule has 8 nitrogen and oxygen atoms in total. The van der Waals surface area contributed by atoms with Gasteiger partial charge in [-0.1, -0.05) is 5.16 Å². The highest BCUT2D eigenvalue weighted by molar-refractivity contribution is 5.74. The fourth-order valence-corrected chi connectivity index (χ4v) is 1.08. The summed E-state index contributed by atoms with van der Waals surface area (Å²) in [5.41, 5.74) is 0. The normalized spacial score (nSPS) is 9.94. The summed E-state index contributed by atoms with van der Waals surface area (Å²) in [5.74, 6) is -0.492. The number of nitrogens with zero attached hydrogens (tertiary/aromatic N) is 3. The molecule has 17 heavy (non-hydrogen) atoms. The molecule has 0 saturated carbocycles. The van der Waals surface area contributed by atoms with Crippen molar-refractivity contribution in [2.24, 2.45) is 0 Å². The van der Waals surface area contributed by atoms with Crippen molar-refractivity contribution in [1.82, 2.24) is 20.4 Å². The highest BCUT2D eigenvalue weighted by atomic mass is 16.5. The predicted molar refractivity (Wildman–Crippen MR) is 56.3 cm³/mol. The van der Waals surface area contributed by atoms with Crippen molar-refractivity contribution in [2.45, 2.75) is 12.8 Å². The number of aliphatic carboxylic acids is 1. The van der Waals surface area contributed by atoms with Crippen LogP contribution < -0.4 is 5.32 Å². The molecule has 0 atom stereocenters. The number of carboxylic acids is 1. The third-order valence-corrected chi connectivity index (χ3v) is 2.03. The number of urea groups is 1. The van der Waals surface area contributed by atoms with E-state index >= 15 is 0 Å². The molecular weight excluding hydrogens is 228 g/mol. The van der Waals surface area contributed by atoms with Crippen LogP contribution in [0.15, 0.2) is 10.9 Å². The van der Waals surface area contributed by atoms with Gasteiger partial charge in [-0.2, -0.15) is 4.98 Å². The van der Waals surface area contributed by atoms with Gasteiger partial charge in [-0.25, -0.2) is 4.79 Å². The molecular formula is C9H14N4O4. The van der Waals surface area contributed by atoms with Crippen molar-refractivity contribution in [3.63, 3.8) is 0 Å². The quantitative estimate of drug-likeness (QED) is 0.710. The highest BCUT2D eigenvalue weighted by Gasteiger charge is 2.09. The Labute approximate surface area is 97.6 Å². The van der Waals surface area contributed by atoms with E-state index in [1.165, 1.54) is 18.3 Å². The zero-order valence-corrected chi connectivity index (χ0v) is 9.42. The van der Waals surface area contributed by atoms with Crippen molar-refractivity contribution in [1.29, 1.82) is 0 Å². The van der Waals surface area contributed by atoms with E-state index in [1.807, 2.05) is 0 Å². The van der Waals surface area contributed by atoms with E-state index in [0.29, 0.717) is 18.9 Å². The molecule has 0 saturated heterocycles. The first kappa shape index (κ1) is 12.9. The molecule has 8 heteroatoms. The Bertz CT molecular complexity index is 365. The molecule has 0 aliphatic rings. The monoisotopic (exact) mass is 242 g/mol. The standard InChI is InChI=1S/C9H14N4O4/c1-13(5-3-8(14)15)9(16)10-4-2-7-11-6-12-17-7/h6H,2-5H2,1H3,(H,10,16)(H,14,15). The van der Waals surface area contributed by atoms with Crippen LogP contribution in [0, 0.1) is 0 Å². The van der Waals surface area contributed by atoms with Gasteiger partial charge in [-0.3, -0.25) is 4.79 Å². The van der Waals surface area contributed by atoms with Crippen molar-refractivity contribution in [3.8, 4) is 0 Å². The summed E-state index contributed by atoms with van der Waals surface area (Å²) in [7, 11) is 1.53. The maximum Gasteiger partial charge on any atom is 0.317 e. The van der Waals surface area contributed by atoms with E-state index in [-0.39, 0.29) is 19.0 Å². The van der Waals surface area contributed by atoms with Crippen LogP contribution in [-0.2, 0) is 11.2 Å². The van der Waals surface area contributed by atoms with Gasteiger partial charge < -0.3 is 19.8 Å². The van der Waals surface area contributed by atoms with Crippen LogP contribution in [0.1, 0.15) is 12.3 Å². The minimum Gasteiger partial charge on any atom is -0.481 e. The third kappa shape index (κ3) is 4.96. The van der Waals surface area contributed by atoms with E-state index < -0.39 is 5.97 Å². The largest absolute Gasteiger partial charge is 0.481 e. The van der Waals surface area contributed by atoms with Gasteiger partial charge in [0.1, 0.15) is 0 Å². The Morgan fingerprint density at radius 1 is 1.59 bits per heavy atom. The molecule has 2 N–H and O–H groups in total. The van der Waals surface area contributed by atoms with Crippen LogP contribution in [0.5, 0.6) is 0 Å². The molecule has 94 valence electrons.